The van der Waals surface area contributed by atoms with Crippen molar-refractivity contribution < 1.29 is 18.8 Å². The summed E-state index contributed by atoms with van der Waals surface area (Å²) in [5.74, 6) is -2.78. The molecule has 5 rings (SSSR count). The summed E-state index contributed by atoms with van der Waals surface area (Å²) in [6.07, 6.45) is 1.18. The van der Waals surface area contributed by atoms with Crippen molar-refractivity contribution in [2.24, 2.45) is 17.8 Å². The second-order valence-corrected chi connectivity index (χ2v) is 9.40. The smallest absolute Gasteiger partial charge is 0.250 e. The van der Waals surface area contributed by atoms with E-state index in [1.165, 1.54) is 23.1 Å². The van der Waals surface area contributed by atoms with Gasteiger partial charge in [-0.2, -0.15) is 0 Å². The fraction of sp³-hybridized carbons (Fsp3) is 0.400. The summed E-state index contributed by atoms with van der Waals surface area (Å²) in [5, 5.41) is 6.14. The quantitative estimate of drug-likeness (QED) is 0.708. The second kappa shape index (κ2) is 7.52. The highest BCUT2D eigenvalue weighted by atomic mass is 19.1. The lowest BCUT2D eigenvalue weighted by Crippen LogP contribution is -2.53. The van der Waals surface area contributed by atoms with Gasteiger partial charge in [-0.15, -0.1) is 0 Å². The van der Waals surface area contributed by atoms with E-state index in [0.717, 1.165) is 5.56 Å². The van der Waals surface area contributed by atoms with E-state index in [4.69, 9.17) is 0 Å². The van der Waals surface area contributed by atoms with E-state index >= 15 is 0 Å². The molecule has 0 aliphatic carbocycles. The average molecular weight is 435 g/mol. The zero-order chi connectivity index (χ0) is 22.6. The van der Waals surface area contributed by atoms with Crippen molar-refractivity contribution >= 4 is 23.4 Å². The van der Waals surface area contributed by atoms with Crippen LogP contribution in [0.25, 0.3) is 0 Å². The number of rotatable bonds is 5. The Balaban J connectivity index is 1.54. The van der Waals surface area contributed by atoms with Crippen molar-refractivity contribution in [2.45, 2.75) is 38.3 Å². The molecule has 0 radical (unpaired) electrons. The van der Waals surface area contributed by atoms with E-state index in [1.807, 2.05) is 44.2 Å². The van der Waals surface area contributed by atoms with Crippen LogP contribution in [0.3, 0.4) is 0 Å². The van der Waals surface area contributed by atoms with Gasteiger partial charge in [-0.1, -0.05) is 44.2 Å². The van der Waals surface area contributed by atoms with Crippen molar-refractivity contribution in [1.29, 1.82) is 0 Å². The summed E-state index contributed by atoms with van der Waals surface area (Å²) >= 11 is 0. The molecule has 2 fully saturated rings. The third-order valence-corrected chi connectivity index (χ3v) is 6.96. The van der Waals surface area contributed by atoms with E-state index in [-0.39, 0.29) is 30.3 Å². The SMILES string of the molecule is CC(C)C[C@@H]1N[C@]2(C(=O)Nc3ccc(F)cc32)[C@@H]2C(=O)N(CCc3ccccc3)C(=O)[C@H]12. The fourth-order valence-electron chi connectivity index (χ4n) is 5.65. The van der Waals surface area contributed by atoms with Crippen molar-refractivity contribution in [1.82, 2.24) is 10.2 Å². The molecule has 2 saturated heterocycles. The van der Waals surface area contributed by atoms with Crippen molar-refractivity contribution in [3.05, 3.63) is 65.5 Å². The number of fused-ring (bicyclic) bond motifs is 4. The van der Waals surface area contributed by atoms with Crippen molar-refractivity contribution in [3.8, 4) is 0 Å². The normalized spacial score (nSPS) is 28.6. The molecule has 2 aromatic rings. The highest BCUT2D eigenvalue weighted by molar-refractivity contribution is 6.15. The Morgan fingerprint density at radius 3 is 2.53 bits per heavy atom. The number of benzene rings is 2. The van der Waals surface area contributed by atoms with Gasteiger partial charge >= 0.3 is 0 Å². The van der Waals surface area contributed by atoms with Crippen LogP contribution >= 0.6 is 0 Å². The number of likely N-dealkylation sites (tertiary alicyclic amines) is 1. The molecule has 1 spiro atoms. The number of anilines is 1. The van der Waals surface area contributed by atoms with Crippen LogP contribution in [-0.2, 0) is 26.3 Å². The van der Waals surface area contributed by atoms with Gasteiger partial charge in [0.15, 0.2) is 0 Å². The zero-order valence-corrected chi connectivity index (χ0v) is 18.1. The Labute approximate surface area is 186 Å². The molecule has 3 amide bonds. The van der Waals surface area contributed by atoms with Crippen LogP contribution in [0, 0.1) is 23.6 Å². The molecule has 4 atom stereocenters. The van der Waals surface area contributed by atoms with Crippen LogP contribution in [0.4, 0.5) is 10.1 Å². The van der Waals surface area contributed by atoms with Gasteiger partial charge in [-0.05, 0) is 42.5 Å². The van der Waals surface area contributed by atoms with E-state index in [1.54, 1.807) is 0 Å². The Hall–Kier alpha value is -3.06. The molecule has 3 aliphatic rings. The van der Waals surface area contributed by atoms with Crippen LogP contribution in [0.5, 0.6) is 0 Å². The van der Waals surface area contributed by atoms with Crippen molar-refractivity contribution in [3.63, 3.8) is 0 Å². The number of nitrogens with one attached hydrogen (secondary N) is 2. The third-order valence-electron chi connectivity index (χ3n) is 6.96. The number of imide groups is 1. The number of carbonyl (C=O) groups excluding carboxylic acids is 3. The molecule has 3 heterocycles. The Morgan fingerprint density at radius 2 is 1.81 bits per heavy atom. The van der Waals surface area contributed by atoms with Crippen LogP contribution in [0.1, 0.15) is 31.4 Å². The number of nitrogens with zero attached hydrogens (tertiary/aromatic N) is 1. The summed E-state index contributed by atoms with van der Waals surface area (Å²) in [6, 6.07) is 13.4. The van der Waals surface area contributed by atoms with Gasteiger partial charge < -0.3 is 5.32 Å². The van der Waals surface area contributed by atoms with Gasteiger partial charge in [0, 0.05) is 23.8 Å². The molecule has 3 aliphatic heterocycles. The van der Waals surface area contributed by atoms with Gasteiger partial charge in [0.05, 0.1) is 11.8 Å². The summed E-state index contributed by atoms with van der Waals surface area (Å²) in [5.41, 5.74) is 0.490. The van der Waals surface area contributed by atoms with Gasteiger partial charge in [0.2, 0.25) is 17.7 Å². The minimum absolute atomic E-state index is 0.247. The Kier molecular flexibility index (Phi) is 4.89. The number of hydrogen-bond donors (Lipinski definition) is 2. The van der Waals surface area contributed by atoms with Crippen LogP contribution in [-0.4, -0.2) is 35.2 Å². The monoisotopic (exact) mass is 435 g/mol. The van der Waals surface area contributed by atoms with E-state index < -0.39 is 29.1 Å². The number of halogens is 1. The maximum Gasteiger partial charge on any atom is 0.250 e. The molecule has 0 saturated carbocycles. The molecule has 2 N–H and O–H groups in total. The molecule has 166 valence electrons. The van der Waals surface area contributed by atoms with E-state index in [0.29, 0.717) is 24.1 Å². The standard InChI is InChI=1S/C25H26FN3O3/c1-14(2)12-19-20-21(23(31)29(22(20)30)11-10-15-6-4-3-5-7-15)25(28-19)17-13-16(26)8-9-18(17)27-24(25)32/h3-9,13-14,19-21,28H,10-12H2,1-2H3,(H,27,32)/t19-,20+,21-,25-/m0/s1. The van der Waals surface area contributed by atoms with Crippen molar-refractivity contribution in [2.75, 3.05) is 11.9 Å². The first kappa shape index (κ1) is 20.8. The molecular formula is C25H26FN3O3. The summed E-state index contributed by atoms with van der Waals surface area (Å²) in [7, 11) is 0. The summed E-state index contributed by atoms with van der Waals surface area (Å²) < 4.78 is 14.2. The first-order valence-electron chi connectivity index (χ1n) is 11.1. The highest BCUT2D eigenvalue weighted by Gasteiger charge is 2.70. The lowest BCUT2D eigenvalue weighted by Gasteiger charge is -2.30. The molecule has 0 bridgehead atoms. The van der Waals surface area contributed by atoms with E-state index in [9.17, 15) is 18.8 Å². The highest BCUT2D eigenvalue weighted by Crippen LogP contribution is 2.53. The molecule has 32 heavy (non-hydrogen) atoms. The maximum absolute atomic E-state index is 14.2. The summed E-state index contributed by atoms with van der Waals surface area (Å²) in [6.45, 7) is 4.34. The molecule has 7 heteroatoms. The average Bonchev–Trinajstić information content (AvgIpc) is 3.32. The number of carbonyl (C=O) groups is 3. The number of amides is 3. The maximum atomic E-state index is 14.2. The first-order chi connectivity index (χ1) is 15.3. The van der Waals surface area contributed by atoms with E-state index in [2.05, 4.69) is 10.6 Å². The van der Waals surface area contributed by atoms with Gasteiger partial charge in [0.1, 0.15) is 11.4 Å². The topological polar surface area (TPSA) is 78.5 Å². The fourth-order valence-corrected chi connectivity index (χ4v) is 5.65. The molecule has 0 unspecified atom stereocenters. The zero-order valence-electron chi connectivity index (χ0n) is 18.1. The van der Waals surface area contributed by atoms with Gasteiger partial charge in [-0.25, -0.2) is 4.39 Å². The largest absolute Gasteiger partial charge is 0.324 e. The predicted octanol–water partition coefficient (Wildman–Crippen LogP) is 2.83. The molecule has 0 aromatic heterocycles. The van der Waals surface area contributed by atoms with Gasteiger partial charge in [0.25, 0.3) is 0 Å². The molecule has 2 aromatic carbocycles. The van der Waals surface area contributed by atoms with Crippen LogP contribution in [0.2, 0.25) is 0 Å². The number of hydrogen-bond acceptors (Lipinski definition) is 4. The lowest BCUT2D eigenvalue weighted by molar-refractivity contribution is -0.142. The first-order valence-corrected chi connectivity index (χ1v) is 11.1. The van der Waals surface area contributed by atoms with Crippen LogP contribution < -0.4 is 10.6 Å². The molecular weight excluding hydrogens is 409 g/mol. The Morgan fingerprint density at radius 1 is 1.06 bits per heavy atom. The second-order valence-electron chi connectivity index (χ2n) is 9.40. The van der Waals surface area contributed by atoms with Crippen LogP contribution in [0.15, 0.2) is 48.5 Å². The van der Waals surface area contributed by atoms with Gasteiger partial charge in [-0.3, -0.25) is 24.6 Å². The Bertz CT molecular complexity index is 1100. The predicted molar refractivity (Wildman–Crippen MR) is 117 cm³/mol. The molecule has 6 nitrogen and oxygen atoms in total. The lowest BCUT2D eigenvalue weighted by atomic mass is 9.76. The third kappa shape index (κ3) is 2.98. The minimum Gasteiger partial charge on any atom is -0.324 e. The summed E-state index contributed by atoms with van der Waals surface area (Å²) in [4.78, 5) is 41.7. The minimum atomic E-state index is -1.43.